The molecule has 1 saturated heterocycles. The van der Waals surface area contributed by atoms with Crippen molar-refractivity contribution in [3.8, 4) is 0 Å². The van der Waals surface area contributed by atoms with E-state index in [2.05, 4.69) is 32.7 Å². The molecule has 2 heteroatoms. The largest absolute Gasteiger partial charge is 0.372 e. The Morgan fingerprint density at radius 3 is 2.31 bits per heavy atom. The van der Waals surface area contributed by atoms with Crippen molar-refractivity contribution < 1.29 is 4.74 Å². The monoisotopic (exact) mass is 225 g/mol. The van der Waals surface area contributed by atoms with Crippen LogP contribution in [0.15, 0.2) is 0 Å². The van der Waals surface area contributed by atoms with Gasteiger partial charge < -0.3 is 9.64 Å². The Balaban J connectivity index is 1.93. The number of nitrogens with zero attached hydrogens (tertiary/aromatic N) is 1. The molecule has 0 N–H and O–H groups in total. The van der Waals surface area contributed by atoms with Gasteiger partial charge >= 0.3 is 0 Å². The van der Waals surface area contributed by atoms with Gasteiger partial charge in [0, 0.05) is 13.1 Å². The first-order chi connectivity index (χ1) is 7.41. The molecule has 0 unspecified atom stereocenters. The lowest BCUT2D eigenvalue weighted by Gasteiger charge is -2.47. The second-order valence-corrected chi connectivity index (χ2v) is 6.91. The Kier molecular flexibility index (Phi) is 3.33. The van der Waals surface area contributed by atoms with Gasteiger partial charge in [0.25, 0.3) is 0 Å². The second-order valence-electron chi connectivity index (χ2n) is 6.91. The molecule has 0 aromatic rings. The van der Waals surface area contributed by atoms with Crippen LogP contribution in [0.1, 0.15) is 46.5 Å². The Bertz CT molecular complexity index is 236. The molecular weight excluding hydrogens is 198 g/mol. The molecule has 1 spiro atoms. The Morgan fingerprint density at radius 2 is 1.81 bits per heavy atom. The van der Waals surface area contributed by atoms with Gasteiger partial charge in [0.2, 0.25) is 0 Å². The van der Waals surface area contributed by atoms with Gasteiger partial charge in [-0.05, 0) is 44.1 Å². The van der Waals surface area contributed by atoms with Crippen LogP contribution >= 0.6 is 0 Å². The van der Waals surface area contributed by atoms with E-state index < -0.39 is 0 Å². The predicted octanol–water partition coefficient (Wildman–Crippen LogP) is 2.92. The van der Waals surface area contributed by atoms with Crippen LogP contribution < -0.4 is 0 Å². The zero-order chi connectivity index (χ0) is 11.8. The maximum atomic E-state index is 6.10. The van der Waals surface area contributed by atoms with E-state index in [0.717, 1.165) is 25.6 Å². The minimum atomic E-state index is 0.203. The maximum absolute atomic E-state index is 6.10. The van der Waals surface area contributed by atoms with E-state index in [0.29, 0.717) is 5.41 Å². The third-order valence-corrected chi connectivity index (χ3v) is 4.56. The first kappa shape index (κ1) is 12.4. The van der Waals surface area contributed by atoms with Crippen molar-refractivity contribution >= 4 is 0 Å². The maximum Gasteiger partial charge on any atom is 0.0809 e. The van der Waals surface area contributed by atoms with Gasteiger partial charge in [-0.1, -0.05) is 20.8 Å². The summed E-state index contributed by atoms with van der Waals surface area (Å²) in [7, 11) is 2.22. The molecule has 1 saturated carbocycles. The fraction of sp³-hybridized carbons (Fsp3) is 1.00. The SMILES string of the molecule is CN1CCOC2(CCC(C(C)(C)C)CC2)C1. The van der Waals surface area contributed by atoms with Crippen molar-refractivity contribution in [1.29, 1.82) is 0 Å². The van der Waals surface area contributed by atoms with E-state index in [9.17, 15) is 0 Å². The van der Waals surface area contributed by atoms with Crippen molar-refractivity contribution in [2.24, 2.45) is 11.3 Å². The smallest absolute Gasteiger partial charge is 0.0809 e. The number of morpholine rings is 1. The third kappa shape index (κ3) is 2.60. The van der Waals surface area contributed by atoms with Crippen LogP contribution in [0.4, 0.5) is 0 Å². The average molecular weight is 225 g/mol. The average Bonchev–Trinajstić information content (AvgIpc) is 2.16. The van der Waals surface area contributed by atoms with Crippen LogP contribution in [0.2, 0.25) is 0 Å². The molecule has 2 rings (SSSR count). The van der Waals surface area contributed by atoms with Gasteiger partial charge in [0.05, 0.1) is 12.2 Å². The molecule has 1 heterocycles. The fourth-order valence-corrected chi connectivity index (χ4v) is 3.35. The van der Waals surface area contributed by atoms with Gasteiger partial charge in [-0.15, -0.1) is 0 Å². The number of likely N-dealkylation sites (N-methyl/N-ethyl adjacent to an activating group) is 1. The predicted molar refractivity (Wildman–Crippen MR) is 67.6 cm³/mol. The summed E-state index contributed by atoms with van der Waals surface area (Å²) in [6.07, 6.45) is 5.22. The minimum Gasteiger partial charge on any atom is -0.372 e. The molecular formula is C14H27NO. The van der Waals surface area contributed by atoms with E-state index in [-0.39, 0.29) is 5.60 Å². The lowest BCUT2D eigenvalue weighted by Crippen LogP contribution is -2.52. The van der Waals surface area contributed by atoms with Crippen molar-refractivity contribution in [2.75, 3.05) is 26.7 Å². The molecule has 2 fully saturated rings. The second kappa shape index (κ2) is 4.30. The highest BCUT2D eigenvalue weighted by atomic mass is 16.5. The van der Waals surface area contributed by atoms with Gasteiger partial charge in [-0.25, -0.2) is 0 Å². The summed E-state index contributed by atoms with van der Waals surface area (Å²) < 4.78 is 6.10. The van der Waals surface area contributed by atoms with Crippen molar-refractivity contribution in [3.05, 3.63) is 0 Å². The molecule has 0 bridgehead atoms. The molecule has 1 aliphatic heterocycles. The summed E-state index contributed by atoms with van der Waals surface area (Å²) in [5, 5.41) is 0. The summed E-state index contributed by atoms with van der Waals surface area (Å²) in [5.41, 5.74) is 0.678. The standard InChI is InChI=1S/C14H27NO/c1-13(2,3)12-5-7-14(8-6-12)11-15(4)9-10-16-14/h12H,5-11H2,1-4H3. The van der Waals surface area contributed by atoms with Crippen molar-refractivity contribution in [2.45, 2.75) is 52.1 Å². The third-order valence-electron chi connectivity index (χ3n) is 4.56. The van der Waals surface area contributed by atoms with Crippen LogP contribution in [-0.4, -0.2) is 37.2 Å². The summed E-state index contributed by atoms with van der Waals surface area (Å²) in [6.45, 7) is 10.3. The topological polar surface area (TPSA) is 12.5 Å². The number of hydrogen-bond donors (Lipinski definition) is 0. The minimum absolute atomic E-state index is 0.203. The van der Waals surface area contributed by atoms with Crippen LogP contribution in [0, 0.1) is 11.3 Å². The van der Waals surface area contributed by atoms with Crippen LogP contribution in [0.25, 0.3) is 0 Å². The van der Waals surface area contributed by atoms with E-state index in [1.165, 1.54) is 25.7 Å². The number of ether oxygens (including phenoxy) is 1. The summed E-state index contributed by atoms with van der Waals surface area (Å²) in [6, 6.07) is 0. The van der Waals surface area contributed by atoms with E-state index >= 15 is 0 Å². The lowest BCUT2D eigenvalue weighted by molar-refractivity contribution is -0.132. The summed E-state index contributed by atoms with van der Waals surface area (Å²) in [5.74, 6) is 0.883. The highest BCUT2D eigenvalue weighted by Crippen LogP contribution is 2.43. The zero-order valence-corrected chi connectivity index (χ0v) is 11.4. The van der Waals surface area contributed by atoms with E-state index in [4.69, 9.17) is 4.74 Å². The highest BCUT2D eigenvalue weighted by Gasteiger charge is 2.41. The Labute approximate surface area is 100 Å². The Hall–Kier alpha value is -0.0800. The molecule has 0 radical (unpaired) electrons. The van der Waals surface area contributed by atoms with Crippen molar-refractivity contribution in [1.82, 2.24) is 4.90 Å². The molecule has 0 aromatic carbocycles. The highest BCUT2D eigenvalue weighted by molar-refractivity contribution is 4.93. The van der Waals surface area contributed by atoms with Crippen LogP contribution in [-0.2, 0) is 4.74 Å². The van der Waals surface area contributed by atoms with E-state index in [1.54, 1.807) is 0 Å². The molecule has 0 atom stereocenters. The van der Waals surface area contributed by atoms with Crippen LogP contribution in [0.5, 0.6) is 0 Å². The molecule has 2 nitrogen and oxygen atoms in total. The Morgan fingerprint density at radius 1 is 1.19 bits per heavy atom. The zero-order valence-electron chi connectivity index (χ0n) is 11.4. The van der Waals surface area contributed by atoms with Gasteiger partial charge in [-0.2, -0.15) is 0 Å². The molecule has 16 heavy (non-hydrogen) atoms. The molecule has 0 aromatic heterocycles. The normalized spacial score (nSPS) is 37.9. The van der Waals surface area contributed by atoms with Gasteiger partial charge in [0.1, 0.15) is 0 Å². The van der Waals surface area contributed by atoms with Gasteiger partial charge in [0.15, 0.2) is 0 Å². The summed E-state index contributed by atoms with van der Waals surface area (Å²) in [4.78, 5) is 2.43. The number of rotatable bonds is 0. The molecule has 1 aliphatic carbocycles. The molecule has 94 valence electrons. The summed E-state index contributed by atoms with van der Waals surface area (Å²) >= 11 is 0. The van der Waals surface area contributed by atoms with Crippen molar-refractivity contribution in [3.63, 3.8) is 0 Å². The van der Waals surface area contributed by atoms with Crippen LogP contribution in [0.3, 0.4) is 0 Å². The molecule has 0 amide bonds. The first-order valence-corrected chi connectivity index (χ1v) is 6.74. The quantitative estimate of drug-likeness (QED) is 0.628. The van der Waals surface area contributed by atoms with Gasteiger partial charge in [-0.3, -0.25) is 0 Å². The van der Waals surface area contributed by atoms with E-state index in [1.807, 2.05) is 0 Å². The fourth-order valence-electron chi connectivity index (χ4n) is 3.35. The lowest BCUT2D eigenvalue weighted by atomic mass is 9.68. The number of hydrogen-bond acceptors (Lipinski definition) is 2. The molecule has 2 aliphatic rings. The first-order valence-electron chi connectivity index (χ1n) is 6.74.